The number of ether oxygens (including phenoxy) is 1. The zero-order valence-electron chi connectivity index (χ0n) is 31.8. The predicted molar refractivity (Wildman–Crippen MR) is 190 cm³/mol. The maximum absolute atomic E-state index is 14.1. The molecule has 282 valence electrons. The summed E-state index contributed by atoms with van der Waals surface area (Å²) >= 11 is 0. The van der Waals surface area contributed by atoms with Crippen LogP contribution in [0.4, 0.5) is 4.79 Å². The number of ketones is 1. The number of benzene rings is 1. The standard InChI is InChI=1S/C37H56N6O8/c1-12-16-23(28(45)31(47)38-19-24(44)40-26(32(48)42(10)11)21-17-14-13-15-18-21)39-30(46)27-25-22(37(25,8)9)20-43(27)33(49)29(35(2,3)4)41-34(50)51-36(5,6)7/h13-15,17-18,22-23,25-27,29H,12,16,19-20H2,1-11H3,(H,38,47)(H,39,46)(H,40,44)(H,41,50)/t22-,23?,25-,26-,27-,29+/m0/s1. The quantitative estimate of drug-likeness (QED) is 0.225. The molecule has 1 heterocycles. The lowest BCUT2D eigenvalue weighted by Gasteiger charge is -2.38. The highest BCUT2D eigenvalue weighted by molar-refractivity contribution is 6.38. The van der Waals surface area contributed by atoms with Crippen LogP contribution in [0.3, 0.4) is 0 Å². The van der Waals surface area contributed by atoms with Crippen molar-refractivity contribution in [2.45, 2.75) is 105 Å². The fourth-order valence-electron chi connectivity index (χ4n) is 6.68. The molecule has 0 bridgehead atoms. The van der Waals surface area contributed by atoms with Crippen LogP contribution in [0.15, 0.2) is 30.3 Å². The molecule has 4 N–H and O–H groups in total. The van der Waals surface area contributed by atoms with Crippen LogP contribution < -0.4 is 21.3 Å². The van der Waals surface area contributed by atoms with Crippen LogP contribution in [-0.2, 0) is 33.5 Å². The Kier molecular flexibility index (Phi) is 12.7. The first-order chi connectivity index (χ1) is 23.5. The third-order valence-corrected chi connectivity index (χ3v) is 9.50. The van der Waals surface area contributed by atoms with E-state index in [1.54, 1.807) is 92.9 Å². The molecule has 14 nitrogen and oxygen atoms in total. The van der Waals surface area contributed by atoms with Crippen molar-refractivity contribution in [2.24, 2.45) is 22.7 Å². The smallest absolute Gasteiger partial charge is 0.408 e. The molecule has 6 amide bonds. The Labute approximate surface area is 301 Å². The molecule has 6 atom stereocenters. The van der Waals surface area contributed by atoms with Crippen molar-refractivity contribution in [2.75, 3.05) is 27.2 Å². The average molecular weight is 713 g/mol. The van der Waals surface area contributed by atoms with Crippen molar-refractivity contribution in [3.63, 3.8) is 0 Å². The predicted octanol–water partition coefficient (Wildman–Crippen LogP) is 2.32. The van der Waals surface area contributed by atoms with Crippen LogP contribution >= 0.6 is 0 Å². The summed E-state index contributed by atoms with van der Waals surface area (Å²) in [7, 11) is 3.12. The number of carbonyl (C=O) groups excluding carboxylic acids is 7. The van der Waals surface area contributed by atoms with E-state index in [-0.39, 0.29) is 29.6 Å². The second kappa shape index (κ2) is 15.8. The monoisotopic (exact) mass is 712 g/mol. The van der Waals surface area contributed by atoms with Crippen molar-refractivity contribution in [3.05, 3.63) is 35.9 Å². The normalized spacial score (nSPS) is 20.8. The zero-order valence-corrected chi connectivity index (χ0v) is 31.8. The number of piperidine rings is 1. The lowest BCUT2D eigenvalue weighted by Crippen LogP contribution is -2.60. The van der Waals surface area contributed by atoms with E-state index in [1.165, 1.54) is 9.80 Å². The summed E-state index contributed by atoms with van der Waals surface area (Å²) in [6.07, 6.45) is -0.164. The first-order valence-corrected chi connectivity index (χ1v) is 17.5. The number of Topliss-reactive ketones (excluding diaryl/α,β-unsaturated/α-hetero) is 1. The second-order valence-corrected chi connectivity index (χ2v) is 16.4. The maximum Gasteiger partial charge on any atom is 0.408 e. The number of alkyl carbamates (subject to hydrolysis) is 1. The molecule has 51 heavy (non-hydrogen) atoms. The molecule has 1 saturated carbocycles. The molecule has 1 unspecified atom stereocenters. The van der Waals surface area contributed by atoms with E-state index in [4.69, 9.17) is 4.74 Å². The van der Waals surface area contributed by atoms with Crippen LogP contribution in [0.25, 0.3) is 0 Å². The van der Waals surface area contributed by atoms with E-state index in [0.29, 0.717) is 18.5 Å². The Hall–Kier alpha value is -4.49. The summed E-state index contributed by atoms with van der Waals surface area (Å²) in [5.41, 5.74) is -1.21. The number of likely N-dealkylation sites (tertiary alicyclic amines) is 1. The number of fused-ring (bicyclic) bond motifs is 1. The average Bonchev–Trinajstić information content (AvgIpc) is 3.33. The first-order valence-electron chi connectivity index (χ1n) is 17.5. The molecule has 1 aliphatic carbocycles. The van der Waals surface area contributed by atoms with Crippen molar-refractivity contribution in [1.82, 2.24) is 31.1 Å². The Morgan fingerprint density at radius 2 is 1.55 bits per heavy atom. The number of carbonyl (C=O) groups is 7. The molecular weight excluding hydrogens is 656 g/mol. The fraction of sp³-hybridized carbons (Fsp3) is 0.649. The second-order valence-electron chi connectivity index (χ2n) is 16.4. The molecule has 1 aromatic carbocycles. The van der Waals surface area contributed by atoms with Crippen molar-refractivity contribution in [3.8, 4) is 0 Å². The van der Waals surface area contributed by atoms with Crippen LogP contribution in [0.2, 0.25) is 0 Å². The zero-order chi connectivity index (χ0) is 38.6. The van der Waals surface area contributed by atoms with Gasteiger partial charge in [0.2, 0.25) is 29.4 Å². The molecule has 14 heteroatoms. The molecule has 1 aromatic rings. The van der Waals surface area contributed by atoms with Gasteiger partial charge in [-0.05, 0) is 55.4 Å². The molecule has 3 rings (SSSR count). The van der Waals surface area contributed by atoms with Crippen molar-refractivity contribution >= 4 is 41.4 Å². The Morgan fingerprint density at radius 3 is 2.08 bits per heavy atom. The van der Waals surface area contributed by atoms with Gasteiger partial charge in [-0.25, -0.2) is 4.79 Å². The van der Waals surface area contributed by atoms with E-state index < -0.39 is 77.2 Å². The van der Waals surface area contributed by atoms with Crippen LogP contribution in [0, 0.1) is 22.7 Å². The van der Waals surface area contributed by atoms with Gasteiger partial charge in [-0.15, -0.1) is 0 Å². The number of amides is 6. The highest BCUT2D eigenvalue weighted by Gasteiger charge is 2.70. The molecule has 0 aromatic heterocycles. The number of nitrogens with one attached hydrogen (secondary N) is 4. The molecule has 1 aliphatic heterocycles. The topological polar surface area (TPSA) is 183 Å². The Balaban J connectivity index is 1.73. The summed E-state index contributed by atoms with van der Waals surface area (Å²) in [5.74, 6) is -4.26. The lowest BCUT2D eigenvalue weighted by atomic mass is 9.85. The Bertz CT molecular complexity index is 1500. The summed E-state index contributed by atoms with van der Waals surface area (Å²) in [4.78, 5) is 95.7. The number of nitrogens with zero attached hydrogens (tertiary/aromatic N) is 2. The van der Waals surface area contributed by atoms with E-state index in [9.17, 15) is 33.6 Å². The molecule has 0 radical (unpaired) electrons. The highest BCUT2D eigenvalue weighted by Crippen LogP contribution is 2.65. The van der Waals surface area contributed by atoms with Gasteiger partial charge in [0.25, 0.3) is 5.91 Å². The third kappa shape index (κ3) is 10.1. The fourth-order valence-corrected chi connectivity index (χ4v) is 6.68. The van der Waals surface area contributed by atoms with Gasteiger partial charge in [0.1, 0.15) is 23.7 Å². The van der Waals surface area contributed by atoms with E-state index >= 15 is 0 Å². The van der Waals surface area contributed by atoms with Gasteiger partial charge in [0, 0.05) is 20.6 Å². The van der Waals surface area contributed by atoms with Gasteiger partial charge in [0.15, 0.2) is 0 Å². The van der Waals surface area contributed by atoms with E-state index in [0.717, 1.165) is 0 Å². The van der Waals surface area contributed by atoms with Crippen LogP contribution in [-0.4, -0.2) is 102 Å². The molecule has 2 aliphatic rings. The molecule has 0 spiro atoms. The molecular formula is C37H56N6O8. The van der Waals surface area contributed by atoms with Gasteiger partial charge in [-0.3, -0.25) is 28.8 Å². The number of hydrogen-bond donors (Lipinski definition) is 4. The summed E-state index contributed by atoms with van der Waals surface area (Å²) in [6.45, 7) is 16.1. The van der Waals surface area contributed by atoms with Gasteiger partial charge < -0.3 is 35.8 Å². The van der Waals surface area contributed by atoms with E-state index in [2.05, 4.69) is 21.3 Å². The van der Waals surface area contributed by atoms with Crippen LogP contribution in [0.5, 0.6) is 0 Å². The largest absolute Gasteiger partial charge is 0.444 e. The molecule has 1 saturated heterocycles. The maximum atomic E-state index is 14.1. The minimum Gasteiger partial charge on any atom is -0.444 e. The first kappa shape index (κ1) is 40.9. The van der Waals surface area contributed by atoms with Gasteiger partial charge >= 0.3 is 6.09 Å². The molecule has 2 fully saturated rings. The SMILES string of the molecule is CCCC(NC(=O)[C@@H]1[C@@H]2[C@H](CN1C(=O)[C@@H](NC(=O)OC(C)(C)C)C(C)(C)C)C2(C)C)C(=O)C(=O)NCC(=O)N[C@H](C(=O)N(C)C)c1ccccc1. The summed E-state index contributed by atoms with van der Waals surface area (Å²) in [6, 6.07) is 4.46. The van der Waals surface area contributed by atoms with Crippen molar-refractivity contribution < 1.29 is 38.3 Å². The van der Waals surface area contributed by atoms with Gasteiger partial charge in [-0.2, -0.15) is 0 Å². The lowest BCUT2D eigenvalue weighted by molar-refractivity contribution is -0.145. The number of likely N-dealkylation sites (N-methyl/N-ethyl adjacent to an activating group) is 1. The number of rotatable bonds is 13. The highest BCUT2D eigenvalue weighted by atomic mass is 16.6. The van der Waals surface area contributed by atoms with Gasteiger partial charge in [-0.1, -0.05) is 78.3 Å². The van der Waals surface area contributed by atoms with Crippen LogP contribution in [0.1, 0.15) is 86.8 Å². The van der Waals surface area contributed by atoms with E-state index in [1.807, 2.05) is 13.8 Å². The van der Waals surface area contributed by atoms with Crippen molar-refractivity contribution in [1.29, 1.82) is 0 Å². The minimum absolute atomic E-state index is 0.0283. The Morgan fingerprint density at radius 1 is 0.941 bits per heavy atom. The third-order valence-electron chi connectivity index (χ3n) is 9.50. The minimum atomic E-state index is -1.21. The summed E-state index contributed by atoms with van der Waals surface area (Å²) < 4.78 is 5.42. The van der Waals surface area contributed by atoms with Gasteiger partial charge in [0.05, 0.1) is 12.6 Å². The summed E-state index contributed by atoms with van der Waals surface area (Å²) in [5, 5.41) is 10.4. The number of hydrogen-bond acceptors (Lipinski definition) is 8.